The zero-order valence-electron chi connectivity index (χ0n) is 15.8. The van der Waals surface area contributed by atoms with Crippen molar-refractivity contribution < 1.29 is 17.9 Å². The van der Waals surface area contributed by atoms with Crippen molar-refractivity contribution in [2.24, 2.45) is 0 Å². The highest BCUT2D eigenvalue weighted by Crippen LogP contribution is 2.26. The Balaban J connectivity index is 1.91. The molecule has 0 bridgehead atoms. The van der Waals surface area contributed by atoms with E-state index in [-0.39, 0.29) is 21.9 Å². The van der Waals surface area contributed by atoms with E-state index in [1.807, 2.05) is 17.5 Å². The van der Waals surface area contributed by atoms with Crippen LogP contribution in [0.15, 0.2) is 40.6 Å². The molecule has 1 aliphatic heterocycles. The van der Waals surface area contributed by atoms with E-state index in [0.29, 0.717) is 25.3 Å². The Hall–Kier alpha value is -1.45. The van der Waals surface area contributed by atoms with Crippen molar-refractivity contribution in [3.05, 3.63) is 51.2 Å². The average Bonchev–Trinajstić information content (AvgIpc) is 3.34. The van der Waals surface area contributed by atoms with Gasteiger partial charge in [0.25, 0.3) is 5.91 Å². The van der Waals surface area contributed by atoms with Crippen molar-refractivity contribution in [3.63, 3.8) is 0 Å². The van der Waals surface area contributed by atoms with Gasteiger partial charge in [-0.05, 0) is 42.5 Å². The van der Waals surface area contributed by atoms with Crippen LogP contribution in [0.5, 0.6) is 0 Å². The molecule has 0 saturated carbocycles. The number of hydrogen-bond acceptors (Lipinski definition) is 5. The van der Waals surface area contributed by atoms with Gasteiger partial charge in [0.15, 0.2) is 0 Å². The number of ether oxygens (including phenoxy) is 1. The molecule has 28 heavy (non-hydrogen) atoms. The molecule has 1 unspecified atom stereocenters. The SMILES string of the molecule is CN(C)S(=O)(=O)c1cc(C(=O)N(Cc2cccs2)CC2CCCO2)ccc1Cl. The van der Waals surface area contributed by atoms with Gasteiger partial charge in [-0.3, -0.25) is 4.79 Å². The molecule has 1 atom stereocenters. The zero-order chi connectivity index (χ0) is 20.3. The summed E-state index contributed by atoms with van der Waals surface area (Å²) in [5.41, 5.74) is 0.291. The molecule has 1 saturated heterocycles. The molecule has 1 aromatic carbocycles. The highest BCUT2D eigenvalue weighted by atomic mass is 35.5. The van der Waals surface area contributed by atoms with Gasteiger partial charge in [0.2, 0.25) is 10.0 Å². The summed E-state index contributed by atoms with van der Waals surface area (Å²) in [6, 6.07) is 8.30. The van der Waals surface area contributed by atoms with Crippen molar-refractivity contribution in [3.8, 4) is 0 Å². The number of halogens is 1. The maximum atomic E-state index is 13.2. The predicted molar refractivity (Wildman–Crippen MR) is 110 cm³/mol. The Morgan fingerprint density at radius 2 is 2.11 bits per heavy atom. The number of carbonyl (C=O) groups excluding carboxylic acids is 1. The topological polar surface area (TPSA) is 66.9 Å². The van der Waals surface area contributed by atoms with Crippen LogP contribution in [0.3, 0.4) is 0 Å². The summed E-state index contributed by atoms with van der Waals surface area (Å²) in [7, 11) is -0.891. The third kappa shape index (κ3) is 4.75. The van der Waals surface area contributed by atoms with Crippen LogP contribution in [0, 0.1) is 0 Å². The van der Waals surface area contributed by atoms with E-state index in [4.69, 9.17) is 16.3 Å². The summed E-state index contributed by atoms with van der Waals surface area (Å²) in [4.78, 5) is 15.9. The third-order valence-corrected chi connectivity index (χ3v) is 7.76. The standard InChI is InChI=1S/C19H23ClN2O4S2/c1-21(2)28(24,25)18-11-14(7-8-17(18)20)19(23)22(12-15-5-3-9-26-15)13-16-6-4-10-27-16/h4,6-8,10-11,15H,3,5,9,12-13H2,1-2H3. The number of sulfonamides is 1. The van der Waals surface area contributed by atoms with Crippen LogP contribution in [0.4, 0.5) is 0 Å². The molecule has 152 valence electrons. The highest BCUT2D eigenvalue weighted by Gasteiger charge is 2.27. The predicted octanol–water partition coefficient (Wildman–Crippen LogP) is 3.47. The molecule has 1 fully saturated rings. The summed E-state index contributed by atoms with van der Waals surface area (Å²) in [6.07, 6.45) is 1.90. The van der Waals surface area contributed by atoms with Crippen LogP contribution in [0.1, 0.15) is 28.1 Å². The van der Waals surface area contributed by atoms with Gasteiger partial charge in [-0.1, -0.05) is 17.7 Å². The van der Waals surface area contributed by atoms with Crippen LogP contribution < -0.4 is 0 Å². The summed E-state index contributed by atoms with van der Waals surface area (Å²) in [5.74, 6) is -0.240. The van der Waals surface area contributed by atoms with Gasteiger partial charge in [0.05, 0.1) is 17.7 Å². The van der Waals surface area contributed by atoms with E-state index in [0.717, 1.165) is 22.0 Å². The number of rotatable bonds is 7. The Labute approximate surface area is 174 Å². The second-order valence-electron chi connectivity index (χ2n) is 6.83. The third-order valence-electron chi connectivity index (χ3n) is 4.60. The molecule has 0 N–H and O–H groups in total. The normalized spacial score (nSPS) is 17.2. The van der Waals surface area contributed by atoms with E-state index in [2.05, 4.69) is 0 Å². The van der Waals surface area contributed by atoms with Crippen LogP contribution >= 0.6 is 22.9 Å². The molecule has 6 nitrogen and oxygen atoms in total. The number of benzene rings is 1. The fourth-order valence-corrected chi connectivity index (χ4v) is 5.17. The molecule has 2 aromatic rings. The molecule has 9 heteroatoms. The van der Waals surface area contributed by atoms with Gasteiger partial charge in [-0.2, -0.15) is 0 Å². The molecular formula is C19H23ClN2O4S2. The van der Waals surface area contributed by atoms with Gasteiger partial charge in [-0.25, -0.2) is 12.7 Å². The second-order valence-corrected chi connectivity index (χ2v) is 10.4. The van der Waals surface area contributed by atoms with Crippen molar-refractivity contribution in [1.29, 1.82) is 0 Å². The van der Waals surface area contributed by atoms with Crippen molar-refractivity contribution in [2.75, 3.05) is 27.2 Å². The van der Waals surface area contributed by atoms with E-state index in [1.165, 1.54) is 26.2 Å². The monoisotopic (exact) mass is 442 g/mol. The van der Waals surface area contributed by atoms with Gasteiger partial charge >= 0.3 is 0 Å². The lowest BCUT2D eigenvalue weighted by Gasteiger charge is -2.25. The van der Waals surface area contributed by atoms with Gasteiger partial charge in [0.1, 0.15) is 4.90 Å². The van der Waals surface area contributed by atoms with E-state index < -0.39 is 10.0 Å². The molecule has 2 heterocycles. The number of amides is 1. The van der Waals surface area contributed by atoms with E-state index in [9.17, 15) is 13.2 Å². The second kappa shape index (κ2) is 8.92. The minimum absolute atomic E-state index is 0.00110. The van der Waals surface area contributed by atoms with Crippen LogP contribution in [0.2, 0.25) is 5.02 Å². The van der Waals surface area contributed by atoms with Crippen LogP contribution in [-0.2, 0) is 21.3 Å². The van der Waals surface area contributed by atoms with Crippen molar-refractivity contribution in [2.45, 2.75) is 30.4 Å². The molecule has 1 amide bonds. The fraction of sp³-hybridized carbons (Fsp3) is 0.421. The fourth-order valence-electron chi connectivity index (χ4n) is 3.06. The maximum Gasteiger partial charge on any atom is 0.254 e. The Morgan fingerprint density at radius 1 is 1.32 bits per heavy atom. The van der Waals surface area contributed by atoms with Crippen molar-refractivity contribution in [1.82, 2.24) is 9.21 Å². The minimum Gasteiger partial charge on any atom is -0.376 e. The first-order chi connectivity index (χ1) is 13.3. The number of carbonyl (C=O) groups is 1. The largest absolute Gasteiger partial charge is 0.376 e. The number of nitrogens with zero attached hydrogens (tertiary/aromatic N) is 2. The van der Waals surface area contributed by atoms with E-state index in [1.54, 1.807) is 22.3 Å². The molecule has 1 aliphatic rings. The first kappa shape index (κ1) is 21.3. The van der Waals surface area contributed by atoms with Crippen LogP contribution in [-0.4, -0.2) is 56.9 Å². The van der Waals surface area contributed by atoms with Crippen molar-refractivity contribution >= 4 is 38.9 Å². The number of thiophene rings is 1. The minimum atomic E-state index is -3.75. The quantitative estimate of drug-likeness (QED) is 0.658. The Morgan fingerprint density at radius 3 is 2.71 bits per heavy atom. The molecular weight excluding hydrogens is 420 g/mol. The first-order valence-electron chi connectivity index (χ1n) is 8.94. The first-order valence-corrected chi connectivity index (χ1v) is 11.6. The zero-order valence-corrected chi connectivity index (χ0v) is 18.2. The molecule has 1 aromatic heterocycles. The Bertz CT molecular complexity index is 923. The molecule has 0 aliphatic carbocycles. The average molecular weight is 443 g/mol. The summed E-state index contributed by atoms with van der Waals surface area (Å²) in [6.45, 7) is 1.63. The van der Waals surface area contributed by atoms with Gasteiger partial charge < -0.3 is 9.64 Å². The summed E-state index contributed by atoms with van der Waals surface area (Å²) >= 11 is 7.69. The van der Waals surface area contributed by atoms with E-state index >= 15 is 0 Å². The lowest BCUT2D eigenvalue weighted by Crippen LogP contribution is -2.37. The van der Waals surface area contributed by atoms with Crippen LogP contribution in [0.25, 0.3) is 0 Å². The summed E-state index contributed by atoms with van der Waals surface area (Å²) in [5, 5.41) is 2.06. The molecule has 3 rings (SSSR count). The van der Waals surface area contributed by atoms with Gasteiger partial charge in [-0.15, -0.1) is 11.3 Å². The smallest absolute Gasteiger partial charge is 0.254 e. The lowest BCUT2D eigenvalue weighted by molar-refractivity contribution is 0.0509. The lowest BCUT2D eigenvalue weighted by atomic mass is 10.1. The Kier molecular flexibility index (Phi) is 6.77. The summed E-state index contributed by atoms with van der Waals surface area (Å²) < 4.78 is 31.8. The maximum absolute atomic E-state index is 13.2. The number of hydrogen-bond donors (Lipinski definition) is 0. The van der Waals surface area contributed by atoms with Gasteiger partial charge in [0, 0.05) is 37.7 Å². The molecule has 0 spiro atoms. The highest BCUT2D eigenvalue weighted by molar-refractivity contribution is 7.89. The molecule has 0 radical (unpaired) electrons.